The fourth-order valence-electron chi connectivity index (χ4n) is 3.19. The van der Waals surface area contributed by atoms with Crippen molar-refractivity contribution in [2.75, 3.05) is 11.9 Å². The molecule has 0 saturated heterocycles. The van der Waals surface area contributed by atoms with Gasteiger partial charge in [-0.05, 0) is 49.2 Å². The number of hydrogen-bond acceptors (Lipinski definition) is 3. The second kappa shape index (κ2) is 9.80. The van der Waals surface area contributed by atoms with Crippen LogP contribution in [0.5, 0.6) is 5.75 Å². The van der Waals surface area contributed by atoms with Gasteiger partial charge in [-0.25, -0.2) is 0 Å². The molecule has 7 heteroatoms. The van der Waals surface area contributed by atoms with Crippen LogP contribution in [0.4, 0.5) is 5.69 Å². The van der Waals surface area contributed by atoms with E-state index in [1.807, 2.05) is 0 Å². The zero-order valence-electron chi connectivity index (χ0n) is 15.3. The van der Waals surface area contributed by atoms with Gasteiger partial charge in [-0.2, -0.15) is 0 Å². The van der Waals surface area contributed by atoms with Gasteiger partial charge in [0.2, 0.25) is 0 Å². The lowest BCUT2D eigenvalue weighted by molar-refractivity contribution is -0.118. The Hall–Kier alpha value is -2.24. The zero-order chi connectivity index (χ0) is 19.9. The van der Waals surface area contributed by atoms with Crippen molar-refractivity contribution in [1.29, 1.82) is 0 Å². The Morgan fingerprint density at radius 1 is 1.04 bits per heavy atom. The van der Waals surface area contributed by atoms with Gasteiger partial charge in [0.25, 0.3) is 11.8 Å². The third-order valence-corrected chi connectivity index (χ3v) is 5.13. The zero-order valence-corrected chi connectivity index (χ0v) is 16.9. The number of nitrogens with one attached hydrogen (secondary N) is 2. The van der Waals surface area contributed by atoms with Crippen molar-refractivity contribution in [2.24, 2.45) is 0 Å². The molecule has 0 atom stereocenters. The molecule has 0 aliphatic heterocycles. The average Bonchev–Trinajstić information content (AvgIpc) is 2.68. The second-order valence-corrected chi connectivity index (χ2v) is 7.64. The molecule has 0 radical (unpaired) electrons. The summed E-state index contributed by atoms with van der Waals surface area (Å²) in [6.45, 7) is -0.208. The van der Waals surface area contributed by atoms with Gasteiger partial charge in [-0.1, -0.05) is 48.5 Å². The first kappa shape index (κ1) is 20.5. The van der Waals surface area contributed by atoms with Crippen molar-refractivity contribution in [3.8, 4) is 5.75 Å². The largest absolute Gasteiger partial charge is 0.482 e. The molecule has 0 heterocycles. The van der Waals surface area contributed by atoms with E-state index in [-0.39, 0.29) is 24.5 Å². The molecule has 5 nitrogen and oxygen atoms in total. The number of ether oxygens (including phenoxy) is 1. The van der Waals surface area contributed by atoms with Crippen molar-refractivity contribution in [3.05, 3.63) is 58.1 Å². The van der Waals surface area contributed by atoms with E-state index in [0.29, 0.717) is 27.0 Å². The number of amides is 2. The van der Waals surface area contributed by atoms with Crippen LogP contribution in [0.15, 0.2) is 42.5 Å². The number of carbonyl (C=O) groups excluding carboxylic acids is 2. The number of hydrogen-bond donors (Lipinski definition) is 2. The van der Waals surface area contributed by atoms with Gasteiger partial charge in [0.15, 0.2) is 6.61 Å². The Bertz CT molecular complexity index is 851. The first-order valence-corrected chi connectivity index (χ1v) is 10.1. The summed E-state index contributed by atoms with van der Waals surface area (Å²) in [4.78, 5) is 24.6. The Balaban J connectivity index is 1.54. The Kier molecular flexibility index (Phi) is 7.18. The predicted octanol–water partition coefficient (Wildman–Crippen LogP) is 5.07. The molecule has 0 aromatic heterocycles. The van der Waals surface area contributed by atoms with Gasteiger partial charge in [0, 0.05) is 22.3 Å². The molecule has 2 N–H and O–H groups in total. The highest BCUT2D eigenvalue weighted by Crippen LogP contribution is 2.27. The van der Waals surface area contributed by atoms with E-state index >= 15 is 0 Å². The number of anilines is 1. The lowest BCUT2D eigenvalue weighted by Crippen LogP contribution is -2.36. The van der Waals surface area contributed by atoms with E-state index in [9.17, 15) is 9.59 Å². The average molecular weight is 421 g/mol. The third kappa shape index (κ3) is 5.88. The molecule has 0 unspecified atom stereocenters. The van der Waals surface area contributed by atoms with Crippen molar-refractivity contribution in [1.82, 2.24) is 5.32 Å². The summed E-state index contributed by atoms with van der Waals surface area (Å²) >= 11 is 11.9. The standard InChI is InChI=1S/C21H22Cl2N2O3/c22-15-9-10-19(18(23)12-15)28-13-20(26)24-17-8-4-5-14(11-17)21(27)25-16-6-2-1-3-7-16/h4-5,8-12,16H,1-3,6-7,13H2,(H,24,26)(H,25,27). The number of benzene rings is 2. The molecule has 2 aromatic rings. The summed E-state index contributed by atoms with van der Waals surface area (Å²) in [5, 5.41) is 6.63. The highest BCUT2D eigenvalue weighted by Gasteiger charge is 2.17. The first-order valence-electron chi connectivity index (χ1n) is 9.30. The SMILES string of the molecule is O=C(COc1ccc(Cl)cc1Cl)Nc1cccc(C(=O)NC2CCCCC2)c1. The van der Waals surface area contributed by atoms with Crippen LogP contribution in [0, 0.1) is 0 Å². The number of carbonyl (C=O) groups is 2. The predicted molar refractivity (Wildman–Crippen MR) is 111 cm³/mol. The van der Waals surface area contributed by atoms with Crippen molar-refractivity contribution in [2.45, 2.75) is 38.1 Å². The summed E-state index contributed by atoms with van der Waals surface area (Å²) < 4.78 is 5.42. The van der Waals surface area contributed by atoms with E-state index in [1.165, 1.54) is 6.42 Å². The van der Waals surface area contributed by atoms with Gasteiger partial charge < -0.3 is 15.4 Å². The molecule has 0 spiro atoms. The topological polar surface area (TPSA) is 67.4 Å². The highest BCUT2D eigenvalue weighted by atomic mass is 35.5. The fourth-order valence-corrected chi connectivity index (χ4v) is 3.65. The molecule has 1 fully saturated rings. The Morgan fingerprint density at radius 3 is 2.57 bits per heavy atom. The van der Waals surface area contributed by atoms with Crippen molar-refractivity contribution in [3.63, 3.8) is 0 Å². The van der Waals surface area contributed by atoms with E-state index in [4.69, 9.17) is 27.9 Å². The highest BCUT2D eigenvalue weighted by molar-refractivity contribution is 6.35. The molecule has 1 aliphatic rings. The van der Waals surface area contributed by atoms with E-state index in [1.54, 1.807) is 42.5 Å². The van der Waals surface area contributed by atoms with Gasteiger partial charge in [0.1, 0.15) is 5.75 Å². The van der Waals surface area contributed by atoms with Crippen LogP contribution in [0.3, 0.4) is 0 Å². The van der Waals surface area contributed by atoms with Gasteiger partial charge in [-0.3, -0.25) is 9.59 Å². The molecular formula is C21H22Cl2N2O3. The lowest BCUT2D eigenvalue weighted by Gasteiger charge is -2.22. The minimum absolute atomic E-state index is 0.118. The summed E-state index contributed by atoms with van der Waals surface area (Å²) in [6.07, 6.45) is 5.58. The van der Waals surface area contributed by atoms with E-state index < -0.39 is 0 Å². The van der Waals surface area contributed by atoms with Crippen LogP contribution in [0.25, 0.3) is 0 Å². The summed E-state index contributed by atoms with van der Waals surface area (Å²) in [5.41, 5.74) is 1.05. The molecule has 1 aliphatic carbocycles. The summed E-state index contributed by atoms with van der Waals surface area (Å²) in [6, 6.07) is 11.9. The minimum Gasteiger partial charge on any atom is -0.482 e. The molecule has 3 rings (SSSR count). The van der Waals surface area contributed by atoms with Crippen molar-refractivity contribution < 1.29 is 14.3 Å². The van der Waals surface area contributed by atoms with Gasteiger partial charge in [0.05, 0.1) is 5.02 Å². The summed E-state index contributed by atoms with van der Waals surface area (Å²) in [5.74, 6) is -0.0927. The van der Waals surface area contributed by atoms with Crippen molar-refractivity contribution >= 4 is 40.7 Å². The van der Waals surface area contributed by atoms with Crippen LogP contribution in [-0.4, -0.2) is 24.5 Å². The molecule has 28 heavy (non-hydrogen) atoms. The Morgan fingerprint density at radius 2 is 1.82 bits per heavy atom. The van der Waals surface area contributed by atoms with Crippen LogP contribution in [-0.2, 0) is 4.79 Å². The molecule has 148 valence electrons. The summed E-state index contributed by atoms with van der Waals surface area (Å²) in [7, 11) is 0. The van der Waals surface area contributed by atoms with Crippen LogP contribution >= 0.6 is 23.2 Å². The molecule has 2 amide bonds. The molecular weight excluding hydrogens is 399 g/mol. The van der Waals surface area contributed by atoms with Gasteiger partial charge in [-0.15, -0.1) is 0 Å². The van der Waals surface area contributed by atoms with Crippen LogP contribution < -0.4 is 15.4 Å². The lowest BCUT2D eigenvalue weighted by atomic mass is 9.95. The third-order valence-electron chi connectivity index (χ3n) is 4.60. The minimum atomic E-state index is -0.351. The molecule has 1 saturated carbocycles. The molecule has 0 bridgehead atoms. The maximum absolute atomic E-state index is 12.5. The quantitative estimate of drug-likeness (QED) is 0.684. The second-order valence-electron chi connectivity index (χ2n) is 6.80. The van der Waals surface area contributed by atoms with E-state index in [2.05, 4.69) is 10.6 Å². The van der Waals surface area contributed by atoms with E-state index in [0.717, 1.165) is 25.7 Å². The van der Waals surface area contributed by atoms with Crippen LogP contribution in [0.2, 0.25) is 10.0 Å². The van der Waals surface area contributed by atoms with Crippen LogP contribution in [0.1, 0.15) is 42.5 Å². The number of halogens is 2. The number of rotatable bonds is 6. The molecule has 2 aromatic carbocycles. The smallest absolute Gasteiger partial charge is 0.262 e. The normalized spacial score (nSPS) is 14.4. The first-order chi connectivity index (χ1) is 13.5. The Labute approximate surface area is 174 Å². The fraction of sp³-hybridized carbons (Fsp3) is 0.333. The maximum Gasteiger partial charge on any atom is 0.262 e. The van der Waals surface area contributed by atoms with Gasteiger partial charge >= 0.3 is 0 Å². The maximum atomic E-state index is 12.5. The monoisotopic (exact) mass is 420 g/mol.